The summed E-state index contributed by atoms with van der Waals surface area (Å²) in [6.07, 6.45) is 41.5. The predicted molar refractivity (Wildman–Crippen MR) is 319 cm³/mol. The Kier molecular flexibility index (Phi) is 52.3. The van der Waals surface area contributed by atoms with E-state index in [2.05, 4.69) is 47.3 Å². The van der Waals surface area contributed by atoms with Gasteiger partial charge >= 0.3 is 5.97 Å². The molecule has 12 heteroatoms. The summed E-state index contributed by atoms with van der Waals surface area (Å²) < 4.78 is 5.68. The molecule has 1 aliphatic rings. The number of nitrogens with zero attached hydrogens (tertiary/aromatic N) is 4. The van der Waals surface area contributed by atoms with Crippen molar-refractivity contribution in [2.75, 3.05) is 96.6 Å². The molecule has 1 heterocycles. The standard InChI is InChI=1S/C61H124N4O6S2/c1-5-9-13-17-21-23-27-31-39-59(68)55-65(56-60(69)40-32-28-24-22-18-14-10-6-2)43-35-36-51-72-73-52-49-63-46-44-62(45-47-63)48-50-71-61(70)41-33-34-42-64(53-57(66)37-29-25-19-15-11-7-3)54-58(67)38-30-26-20-16-12-8-4/h57-60,66-69H,5-56H2,1-4H3. The molecule has 4 atom stereocenters. The van der Waals surface area contributed by atoms with Crippen molar-refractivity contribution in [1.29, 1.82) is 0 Å². The lowest BCUT2D eigenvalue weighted by Gasteiger charge is -2.34. The van der Waals surface area contributed by atoms with Crippen LogP contribution in [0.5, 0.6) is 0 Å². The number of esters is 1. The van der Waals surface area contributed by atoms with Crippen LogP contribution in [0, 0.1) is 0 Å². The number of carbonyl (C=O) groups is 1. The number of ether oxygens (including phenoxy) is 1. The molecule has 4 unspecified atom stereocenters. The molecule has 4 N–H and O–H groups in total. The third-order valence-corrected chi connectivity index (χ3v) is 17.7. The molecule has 0 aromatic heterocycles. The largest absolute Gasteiger partial charge is 0.464 e. The van der Waals surface area contributed by atoms with Gasteiger partial charge in [0, 0.05) is 83.4 Å². The number of aliphatic hydroxyl groups excluding tert-OH is 4. The molecule has 73 heavy (non-hydrogen) atoms. The second kappa shape index (κ2) is 53.8. The second-order valence-electron chi connectivity index (χ2n) is 22.5. The van der Waals surface area contributed by atoms with E-state index in [1.165, 1.54) is 154 Å². The van der Waals surface area contributed by atoms with Crippen LogP contribution in [0.15, 0.2) is 0 Å². The molecule has 1 rings (SSSR count). The summed E-state index contributed by atoms with van der Waals surface area (Å²) in [6, 6.07) is 0. The van der Waals surface area contributed by atoms with E-state index in [-0.39, 0.29) is 30.4 Å². The zero-order valence-electron chi connectivity index (χ0n) is 48.8. The third kappa shape index (κ3) is 47.6. The van der Waals surface area contributed by atoms with Crippen molar-refractivity contribution in [3.63, 3.8) is 0 Å². The van der Waals surface area contributed by atoms with Gasteiger partial charge in [0.05, 0.1) is 24.4 Å². The molecule has 0 aliphatic carbocycles. The topological polar surface area (TPSA) is 120 Å². The summed E-state index contributed by atoms with van der Waals surface area (Å²) in [5.74, 6) is 2.15. The fourth-order valence-corrected chi connectivity index (χ4v) is 12.6. The fourth-order valence-electron chi connectivity index (χ4n) is 10.4. The van der Waals surface area contributed by atoms with Gasteiger partial charge in [0.2, 0.25) is 0 Å². The molecule has 0 radical (unpaired) electrons. The van der Waals surface area contributed by atoms with Gasteiger partial charge in [0.25, 0.3) is 0 Å². The van der Waals surface area contributed by atoms with E-state index in [4.69, 9.17) is 4.74 Å². The highest BCUT2D eigenvalue weighted by atomic mass is 33.1. The van der Waals surface area contributed by atoms with Crippen LogP contribution < -0.4 is 0 Å². The lowest BCUT2D eigenvalue weighted by atomic mass is 10.0. The van der Waals surface area contributed by atoms with Crippen molar-refractivity contribution in [2.45, 2.75) is 290 Å². The molecule has 0 aromatic rings. The molecule has 1 saturated heterocycles. The maximum absolute atomic E-state index is 12.7. The Bertz CT molecular complexity index is 1090. The minimum Gasteiger partial charge on any atom is -0.464 e. The van der Waals surface area contributed by atoms with Crippen molar-refractivity contribution in [3.05, 3.63) is 0 Å². The summed E-state index contributed by atoms with van der Waals surface area (Å²) in [6.45, 7) is 19.8. The molecule has 10 nitrogen and oxygen atoms in total. The maximum Gasteiger partial charge on any atom is 0.305 e. The Morgan fingerprint density at radius 1 is 0.411 bits per heavy atom. The Balaban J connectivity index is 2.29. The van der Waals surface area contributed by atoms with Crippen LogP contribution >= 0.6 is 21.6 Å². The van der Waals surface area contributed by atoms with Crippen molar-refractivity contribution >= 4 is 27.6 Å². The molecule has 0 spiro atoms. The summed E-state index contributed by atoms with van der Waals surface area (Å²) >= 11 is 0. The molecule has 436 valence electrons. The van der Waals surface area contributed by atoms with Gasteiger partial charge in [-0.05, 0) is 64.5 Å². The number of hydrogen-bond donors (Lipinski definition) is 4. The van der Waals surface area contributed by atoms with Crippen LogP contribution in [0.3, 0.4) is 0 Å². The molecule has 1 fully saturated rings. The number of piperazine rings is 1. The van der Waals surface area contributed by atoms with Crippen LogP contribution in [0.25, 0.3) is 0 Å². The van der Waals surface area contributed by atoms with Gasteiger partial charge in [-0.1, -0.05) is 229 Å². The predicted octanol–water partition coefficient (Wildman–Crippen LogP) is 14.1. The highest BCUT2D eigenvalue weighted by molar-refractivity contribution is 8.76. The van der Waals surface area contributed by atoms with Gasteiger partial charge in [-0.15, -0.1) is 0 Å². The van der Waals surface area contributed by atoms with Gasteiger partial charge in [0.1, 0.15) is 6.61 Å². The fraction of sp³-hybridized carbons (Fsp3) is 0.984. The zero-order chi connectivity index (χ0) is 53.1. The van der Waals surface area contributed by atoms with E-state index in [0.29, 0.717) is 39.2 Å². The summed E-state index contributed by atoms with van der Waals surface area (Å²) in [4.78, 5) is 22.3. The van der Waals surface area contributed by atoms with Crippen LogP contribution in [0.1, 0.15) is 265 Å². The highest BCUT2D eigenvalue weighted by Crippen LogP contribution is 2.23. The molecule has 0 aromatic carbocycles. The molecule has 0 saturated carbocycles. The Labute approximate surface area is 461 Å². The molecule has 0 amide bonds. The smallest absolute Gasteiger partial charge is 0.305 e. The second-order valence-corrected chi connectivity index (χ2v) is 25.2. The number of carbonyl (C=O) groups excluding carboxylic acids is 1. The first kappa shape index (κ1) is 70.9. The maximum atomic E-state index is 12.7. The highest BCUT2D eigenvalue weighted by Gasteiger charge is 2.20. The molecular weight excluding hydrogens is 949 g/mol. The SMILES string of the molecule is CCCCCCCCCCC(O)CN(CCCCSSCCN1CCN(CCOC(=O)CCCCN(CC(O)CCCCCCCC)CC(O)CCCCCCCC)CC1)CC(O)CCCCCCCCCC. The van der Waals surface area contributed by atoms with E-state index < -0.39 is 0 Å². The third-order valence-electron chi connectivity index (χ3n) is 15.2. The van der Waals surface area contributed by atoms with Gasteiger partial charge in [-0.3, -0.25) is 24.4 Å². The van der Waals surface area contributed by atoms with E-state index in [1.807, 2.05) is 21.6 Å². The molecule has 1 aliphatic heterocycles. The van der Waals surface area contributed by atoms with Crippen molar-refractivity contribution < 1.29 is 30.0 Å². The average molecular weight is 1070 g/mol. The number of unbranched alkanes of at least 4 members (excludes halogenated alkanes) is 26. The summed E-state index contributed by atoms with van der Waals surface area (Å²) in [5.41, 5.74) is 0. The van der Waals surface area contributed by atoms with Gasteiger partial charge in [-0.25, -0.2) is 0 Å². The first-order chi connectivity index (χ1) is 35.7. The van der Waals surface area contributed by atoms with E-state index >= 15 is 0 Å². The Morgan fingerprint density at radius 2 is 0.726 bits per heavy atom. The number of hydrogen-bond acceptors (Lipinski definition) is 12. The minimum absolute atomic E-state index is 0.116. The first-order valence-electron chi connectivity index (χ1n) is 31.7. The molecular formula is C61H124N4O6S2. The van der Waals surface area contributed by atoms with Crippen LogP contribution in [0.4, 0.5) is 0 Å². The van der Waals surface area contributed by atoms with Gasteiger partial charge in [0.15, 0.2) is 0 Å². The zero-order valence-corrected chi connectivity index (χ0v) is 50.4. The minimum atomic E-state index is -0.372. The van der Waals surface area contributed by atoms with E-state index in [1.54, 1.807) is 0 Å². The average Bonchev–Trinajstić information content (AvgIpc) is 3.37. The summed E-state index contributed by atoms with van der Waals surface area (Å²) in [5, 5.41) is 43.8. The monoisotopic (exact) mass is 1070 g/mol. The normalized spacial score (nSPS) is 15.4. The lowest BCUT2D eigenvalue weighted by Crippen LogP contribution is -2.47. The van der Waals surface area contributed by atoms with Crippen molar-refractivity contribution in [2.24, 2.45) is 0 Å². The van der Waals surface area contributed by atoms with Gasteiger partial charge < -0.3 is 25.2 Å². The van der Waals surface area contributed by atoms with Crippen LogP contribution in [-0.2, 0) is 9.53 Å². The Morgan fingerprint density at radius 3 is 1.10 bits per heavy atom. The van der Waals surface area contributed by atoms with Crippen LogP contribution in [0.2, 0.25) is 0 Å². The van der Waals surface area contributed by atoms with Crippen molar-refractivity contribution in [1.82, 2.24) is 19.6 Å². The van der Waals surface area contributed by atoms with Gasteiger partial charge in [-0.2, -0.15) is 0 Å². The lowest BCUT2D eigenvalue weighted by molar-refractivity contribution is -0.144. The van der Waals surface area contributed by atoms with E-state index in [9.17, 15) is 25.2 Å². The number of aliphatic hydroxyl groups is 4. The van der Waals surface area contributed by atoms with Crippen LogP contribution in [-0.4, -0.2) is 167 Å². The van der Waals surface area contributed by atoms with Crippen molar-refractivity contribution in [3.8, 4) is 0 Å². The molecule has 0 bridgehead atoms. The first-order valence-corrected chi connectivity index (χ1v) is 34.2. The van der Waals surface area contributed by atoms with E-state index in [0.717, 1.165) is 141 Å². The number of rotatable bonds is 57. The quantitative estimate of drug-likeness (QED) is 0.0264. The summed E-state index contributed by atoms with van der Waals surface area (Å²) in [7, 11) is 3.98. The Hall–Kier alpha value is -0.150.